The van der Waals surface area contributed by atoms with E-state index in [1.807, 2.05) is 0 Å². The number of carbonyl (C=O) groups is 1. The fourth-order valence-electron chi connectivity index (χ4n) is 0.258. The van der Waals surface area contributed by atoms with Gasteiger partial charge >= 0.3 is 6.16 Å². The molecule has 10 heavy (non-hydrogen) atoms. The molecule has 0 atom stereocenters. The Morgan fingerprint density at radius 2 is 2.50 bits per heavy atom. The Morgan fingerprint density at radius 1 is 1.80 bits per heavy atom. The zero-order valence-electron chi connectivity index (χ0n) is 5.66. The molecule has 0 aliphatic carbocycles. The van der Waals surface area contributed by atoms with E-state index in [4.69, 9.17) is 6.42 Å². The number of carbonyl (C=O) groups excluding carboxylic acids is 1. The van der Waals surface area contributed by atoms with Gasteiger partial charge in [0.25, 0.3) is 0 Å². The molecular weight excluding hydrogens is 132 g/mol. The lowest BCUT2D eigenvalue weighted by atomic mass is 10.7. The van der Waals surface area contributed by atoms with Gasteiger partial charge in [0.1, 0.15) is 0 Å². The molecule has 0 saturated heterocycles. The fraction of sp³-hybridized carbons (Fsp3) is 0.286. The highest BCUT2D eigenvalue weighted by atomic mass is 16.7. The maximum absolute atomic E-state index is 10.4. The van der Waals surface area contributed by atoms with Gasteiger partial charge in [0.15, 0.2) is 6.61 Å². The van der Waals surface area contributed by atoms with Crippen molar-refractivity contribution in [3.05, 3.63) is 12.3 Å². The summed E-state index contributed by atoms with van der Waals surface area (Å²) in [6.07, 6.45) is 6.81. The quantitative estimate of drug-likeness (QED) is 0.329. The van der Waals surface area contributed by atoms with E-state index >= 15 is 0 Å². The van der Waals surface area contributed by atoms with E-state index in [1.54, 1.807) is 13.0 Å². The Morgan fingerprint density at radius 3 is 3.00 bits per heavy atom. The smallest absolute Gasteiger partial charge is 0.421 e. The summed E-state index contributed by atoms with van der Waals surface area (Å²) in [6.45, 7) is 1.66. The fourth-order valence-corrected chi connectivity index (χ4v) is 0.258. The minimum atomic E-state index is -0.781. The molecule has 0 N–H and O–H groups in total. The number of terminal acetylenes is 1. The normalized spacial score (nSPS) is 8.80. The van der Waals surface area contributed by atoms with Crippen molar-refractivity contribution in [2.45, 2.75) is 6.92 Å². The Labute approximate surface area is 59.6 Å². The van der Waals surface area contributed by atoms with Crippen molar-refractivity contribution in [3.63, 3.8) is 0 Å². The molecule has 0 heterocycles. The van der Waals surface area contributed by atoms with Gasteiger partial charge in [-0.1, -0.05) is 12.0 Å². The maximum Gasteiger partial charge on any atom is 0.514 e. The highest BCUT2D eigenvalue weighted by Gasteiger charge is 1.96. The molecule has 0 aromatic rings. The Kier molecular flexibility index (Phi) is 4.89. The van der Waals surface area contributed by atoms with Crippen LogP contribution in [0, 0.1) is 12.3 Å². The van der Waals surface area contributed by atoms with Crippen LogP contribution in [0.3, 0.4) is 0 Å². The van der Waals surface area contributed by atoms with Gasteiger partial charge in [0, 0.05) is 0 Å². The largest absolute Gasteiger partial charge is 0.514 e. The van der Waals surface area contributed by atoms with Gasteiger partial charge < -0.3 is 9.47 Å². The van der Waals surface area contributed by atoms with Crippen LogP contribution < -0.4 is 0 Å². The summed E-state index contributed by atoms with van der Waals surface area (Å²) in [5.41, 5.74) is 0. The number of hydrogen-bond acceptors (Lipinski definition) is 3. The molecule has 54 valence electrons. The second-order valence-corrected chi connectivity index (χ2v) is 1.33. The Balaban J connectivity index is 3.37. The number of hydrogen-bond donors (Lipinski definition) is 0. The molecule has 0 radical (unpaired) electrons. The van der Waals surface area contributed by atoms with E-state index in [1.165, 1.54) is 6.26 Å². The van der Waals surface area contributed by atoms with Crippen LogP contribution in [0.1, 0.15) is 6.92 Å². The predicted octanol–water partition coefficient (Wildman–Crippen LogP) is 1.31. The molecule has 3 nitrogen and oxygen atoms in total. The van der Waals surface area contributed by atoms with Gasteiger partial charge in [-0.2, -0.15) is 0 Å². The van der Waals surface area contributed by atoms with Crippen LogP contribution in [-0.2, 0) is 9.47 Å². The zero-order valence-corrected chi connectivity index (χ0v) is 5.66. The monoisotopic (exact) mass is 140 g/mol. The second kappa shape index (κ2) is 5.70. The average Bonchev–Trinajstić information content (AvgIpc) is 1.97. The molecule has 0 aromatic carbocycles. The van der Waals surface area contributed by atoms with E-state index in [9.17, 15) is 4.79 Å². The zero-order chi connectivity index (χ0) is 7.82. The second-order valence-electron chi connectivity index (χ2n) is 1.33. The number of ether oxygens (including phenoxy) is 2. The summed E-state index contributed by atoms with van der Waals surface area (Å²) < 4.78 is 8.70. The van der Waals surface area contributed by atoms with Crippen molar-refractivity contribution in [2.75, 3.05) is 6.61 Å². The SMILES string of the molecule is C#CCOC(=O)OC=CC. The first-order valence-corrected chi connectivity index (χ1v) is 2.69. The molecule has 0 saturated carbocycles. The molecule has 0 bridgehead atoms. The van der Waals surface area contributed by atoms with E-state index in [0.29, 0.717) is 0 Å². The topological polar surface area (TPSA) is 35.5 Å². The molecule has 0 amide bonds. The van der Waals surface area contributed by atoms with Gasteiger partial charge in [-0.15, -0.1) is 6.42 Å². The summed E-state index contributed by atoms with van der Waals surface area (Å²) in [5, 5.41) is 0. The van der Waals surface area contributed by atoms with Crippen LogP contribution in [0.15, 0.2) is 12.3 Å². The molecule has 0 rings (SSSR count). The lowest BCUT2D eigenvalue weighted by Gasteiger charge is -1.95. The maximum atomic E-state index is 10.4. The van der Waals surface area contributed by atoms with Gasteiger partial charge in [0.2, 0.25) is 0 Å². The minimum Gasteiger partial charge on any atom is -0.421 e. The van der Waals surface area contributed by atoms with Gasteiger partial charge in [-0.25, -0.2) is 4.79 Å². The van der Waals surface area contributed by atoms with Crippen LogP contribution in [0.5, 0.6) is 0 Å². The summed E-state index contributed by atoms with van der Waals surface area (Å²) in [4.78, 5) is 10.4. The first kappa shape index (κ1) is 8.57. The van der Waals surface area contributed by atoms with Crippen LogP contribution >= 0.6 is 0 Å². The molecule has 0 unspecified atom stereocenters. The summed E-state index contributed by atoms with van der Waals surface area (Å²) in [5.74, 6) is 2.13. The number of allylic oxidation sites excluding steroid dienone is 1. The summed E-state index contributed by atoms with van der Waals surface area (Å²) >= 11 is 0. The van der Waals surface area contributed by atoms with E-state index < -0.39 is 6.16 Å². The first-order valence-electron chi connectivity index (χ1n) is 2.69. The lowest BCUT2D eigenvalue weighted by Crippen LogP contribution is -2.02. The van der Waals surface area contributed by atoms with Crippen LogP contribution in [-0.4, -0.2) is 12.8 Å². The third-order valence-electron chi connectivity index (χ3n) is 0.574. The first-order chi connectivity index (χ1) is 4.81. The standard InChI is InChI=1S/C7H8O3/c1-3-5-9-7(8)10-6-4-2/h1,4,6H,5H2,2H3. The molecule has 0 aliphatic heterocycles. The van der Waals surface area contributed by atoms with Gasteiger partial charge in [0.05, 0.1) is 6.26 Å². The van der Waals surface area contributed by atoms with Crippen molar-refractivity contribution in [2.24, 2.45) is 0 Å². The Hall–Kier alpha value is -1.43. The van der Waals surface area contributed by atoms with E-state index in [0.717, 1.165) is 0 Å². The van der Waals surface area contributed by atoms with Crippen LogP contribution in [0.25, 0.3) is 0 Å². The van der Waals surface area contributed by atoms with Crippen molar-refractivity contribution in [1.29, 1.82) is 0 Å². The van der Waals surface area contributed by atoms with Crippen LogP contribution in [0.2, 0.25) is 0 Å². The summed E-state index contributed by atoms with van der Waals surface area (Å²) in [6, 6.07) is 0. The van der Waals surface area contributed by atoms with Gasteiger partial charge in [-0.05, 0) is 6.92 Å². The Bertz CT molecular complexity index is 164. The summed E-state index contributed by atoms with van der Waals surface area (Å²) in [7, 11) is 0. The molecule has 0 fully saturated rings. The molecule has 3 heteroatoms. The lowest BCUT2D eigenvalue weighted by molar-refractivity contribution is 0.0959. The van der Waals surface area contributed by atoms with Crippen molar-refractivity contribution >= 4 is 6.16 Å². The third-order valence-corrected chi connectivity index (χ3v) is 0.574. The van der Waals surface area contributed by atoms with E-state index in [2.05, 4.69) is 15.4 Å². The molecule has 0 aliphatic rings. The predicted molar refractivity (Wildman–Crippen MR) is 36.1 cm³/mol. The third kappa shape index (κ3) is 4.72. The van der Waals surface area contributed by atoms with Gasteiger partial charge in [-0.3, -0.25) is 0 Å². The highest BCUT2D eigenvalue weighted by Crippen LogP contribution is 1.84. The van der Waals surface area contributed by atoms with E-state index in [-0.39, 0.29) is 6.61 Å². The minimum absolute atomic E-state index is 0.0591. The van der Waals surface area contributed by atoms with Crippen molar-refractivity contribution in [1.82, 2.24) is 0 Å². The number of rotatable bonds is 2. The molecule has 0 spiro atoms. The molecule has 0 aromatic heterocycles. The highest BCUT2D eigenvalue weighted by molar-refractivity contribution is 5.60. The van der Waals surface area contributed by atoms with Crippen molar-refractivity contribution < 1.29 is 14.3 Å². The van der Waals surface area contributed by atoms with Crippen LogP contribution in [0.4, 0.5) is 4.79 Å². The average molecular weight is 140 g/mol. The van der Waals surface area contributed by atoms with Crippen molar-refractivity contribution in [3.8, 4) is 12.3 Å². The molecular formula is C7H8O3.